The Hall–Kier alpha value is -5.19. The van der Waals surface area contributed by atoms with Crippen molar-refractivity contribution in [1.29, 1.82) is 0 Å². The fourth-order valence-electron chi connectivity index (χ4n) is 6.71. The molecule has 4 heterocycles. The molecule has 7 rings (SSSR count). The number of carbonyl (C=O) groups is 1. The van der Waals surface area contributed by atoms with Crippen molar-refractivity contribution in [2.45, 2.75) is 24.9 Å². The molecule has 2 aliphatic heterocycles. The minimum atomic E-state index is -0.951. The number of fused-ring (bicyclic) bond motifs is 2. The third-order valence-electron chi connectivity index (χ3n) is 9.23. The number of halogens is 2. The molecule has 0 bridgehead atoms. The van der Waals surface area contributed by atoms with Gasteiger partial charge in [0.25, 0.3) is 5.91 Å². The SMILES string of the molecule is [C-]#[N+]C[C@H]1CN(c2nc(OC[C@@H]3CCCN3C)nc3c(F)c(-c4cc(O)cc5ccccc45)ccc23)CCN1C(=O)/C(F)=C/c1nccs1. The van der Waals surface area contributed by atoms with Crippen LogP contribution in [0.3, 0.4) is 0 Å². The lowest BCUT2D eigenvalue weighted by Crippen LogP contribution is -2.56. The summed E-state index contributed by atoms with van der Waals surface area (Å²) in [5, 5.41) is 14.5. The molecule has 2 atom stereocenters. The maximum absolute atomic E-state index is 16.8. The van der Waals surface area contributed by atoms with Gasteiger partial charge in [0, 0.05) is 54.3 Å². The van der Waals surface area contributed by atoms with E-state index in [1.165, 1.54) is 28.5 Å². The van der Waals surface area contributed by atoms with Crippen LogP contribution in [-0.4, -0.2) is 94.2 Å². The second kappa shape index (κ2) is 13.7. The predicted octanol–water partition coefficient (Wildman–Crippen LogP) is 6.17. The lowest BCUT2D eigenvalue weighted by atomic mass is 9.96. The van der Waals surface area contributed by atoms with Gasteiger partial charge in [-0.3, -0.25) is 4.79 Å². The molecule has 3 aromatic carbocycles. The minimum Gasteiger partial charge on any atom is -0.508 e. The lowest BCUT2D eigenvalue weighted by Gasteiger charge is -2.39. The van der Waals surface area contributed by atoms with E-state index in [0.717, 1.165) is 36.2 Å². The van der Waals surface area contributed by atoms with Gasteiger partial charge in [0.2, 0.25) is 6.54 Å². The average molecular weight is 682 g/mol. The number of amides is 1. The molecule has 1 amide bonds. The summed E-state index contributed by atoms with van der Waals surface area (Å²) in [6.45, 7) is 9.32. The molecule has 250 valence electrons. The van der Waals surface area contributed by atoms with Crippen molar-refractivity contribution in [2.24, 2.45) is 0 Å². The topological polar surface area (TPSA) is 99.3 Å². The van der Waals surface area contributed by atoms with Gasteiger partial charge in [-0.15, -0.1) is 11.3 Å². The molecule has 0 aliphatic carbocycles. The quantitative estimate of drug-likeness (QED) is 0.153. The largest absolute Gasteiger partial charge is 0.508 e. The van der Waals surface area contributed by atoms with Gasteiger partial charge < -0.3 is 29.4 Å². The van der Waals surface area contributed by atoms with Gasteiger partial charge in [-0.1, -0.05) is 30.3 Å². The number of phenols is 1. The van der Waals surface area contributed by atoms with E-state index in [4.69, 9.17) is 16.3 Å². The molecule has 0 radical (unpaired) electrons. The lowest BCUT2D eigenvalue weighted by molar-refractivity contribution is -0.130. The zero-order valence-electron chi connectivity index (χ0n) is 26.7. The number of benzene rings is 3. The summed E-state index contributed by atoms with van der Waals surface area (Å²) in [4.78, 5) is 35.6. The molecular formula is C36H33F2N7O3S. The molecule has 49 heavy (non-hydrogen) atoms. The van der Waals surface area contributed by atoms with Crippen LogP contribution in [0.2, 0.25) is 0 Å². The van der Waals surface area contributed by atoms with E-state index in [-0.39, 0.29) is 55.1 Å². The molecule has 10 nitrogen and oxygen atoms in total. The van der Waals surface area contributed by atoms with E-state index in [2.05, 4.69) is 19.7 Å². The highest BCUT2D eigenvalue weighted by atomic mass is 32.1. The van der Waals surface area contributed by atoms with Gasteiger partial charge in [0.15, 0.2) is 11.6 Å². The van der Waals surface area contributed by atoms with Crippen LogP contribution in [0.1, 0.15) is 17.8 Å². The molecule has 1 N–H and O–H groups in total. The third kappa shape index (κ3) is 6.49. The molecule has 2 fully saturated rings. The highest BCUT2D eigenvalue weighted by Gasteiger charge is 2.36. The highest BCUT2D eigenvalue weighted by Crippen LogP contribution is 2.38. The summed E-state index contributed by atoms with van der Waals surface area (Å²) in [6.07, 6.45) is 4.65. The Bertz CT molecular complexity index is 2100. The van der Waals surface area contributed by atoms with Gasteiger partial charge >= 0.3 is 6.01 Å². The number of piperazine rings is 1. The number of anilines is 1. The predicted molar refractivity (Wildman–Crippen MR) is 186 cm³/mol. The number of hydrogen-bond donors (Lipinski definition) is 1. The summed E-state index contributed by atoms with van der Waals surface area (Å²) in [7, 11) is 2.03. The molecule has 5 aromatic rings. The Morgan fingerprint density at radius 3 is 2.76 bits per heavy atom. The number of likely N-dealkylation sites (tertiary alicyclic amines) is 1. The third-order valence-corrected chi connectivity index (χ3v) is 9.95. The first-order chi connectivity index (χ1) is 23.8. The molecule has 0 spiro atoms. The van der Waals surface area contributed by atoms with Crippen molar-refractivity contribution >= 4 is 50.8 Å². The van der Waals surface area contributed by atoms with Gasteiger partial charge in [0.1, 0.15) is 34.7 Å². The number of ether oxygens (including phenoxy) is 1. The number of nitrogens with zero attached hydrogens (tertiary/aromatic N) is 7. The van der Waals surface area contributed by atoms with Crippen LogP contribution in [0.4, 0.5) is 14.6 Å². The van der Waals surface area contributed by atoms with Crippen molar-refractivity contribution < 1.29 is 23.4 Å². The van der Waals surface area contributed by atoms with Crippen molar-refractivity contribution in [3.63, 3.8) is 0 Å². The van der Waals surface area contributed by atoms with Crippen LogP contribution in [0.5, 0.6) is 11.8 Å². The van der Waals surface area contributed by atoms with E-state index < -0.39 is 23.6 Å². The number of likely N-dealkylation sites (N-methyl/N-ethyl adjacent to an activating group) is 1. The second-order valence-electron chi connectivity index (χ2n) is 12.3. The number of carbonyl (C=O) groups excluding carboxylic acids is 1. The Labute approximate surface area is 285 Å². The molecule has 0 saturated carbocycles. The van der Waals surface area contributed by atoms with E-state index in [0.29, 0.717) is 28.4 Å². The van der Waals surface area contributed by atoms with Crippen LogP contribution in [0, 0.1) is 12.4 Å². The number of hydrogen-bond acceptors (Lipinski definition) is 9. The van der Waals surface area contributed by atoms with Gasteiger partial charge in [-0.25, -0.2) is 20.3 Å². The first kappa shape index (κ1) is 32.4. The Kier molecular flexibility index (Phi) is 9.07. The van der Waals surface area contributed by atoms with E-state index in [1.54, 1.807) is 23.6 Å². The summed E-state index contributed by atoms with van der Waals surface area (Å²) < 4.78 is 38.0. The number of aromatic hydroxyl groups is 1. The standard InChI is InChI=1S/C36H33F2N7O3S/c1-39-19-24-20-44(13-14-45(24)35(47)30(37)18-31-40-11-15-49-31)34-28-10-9-27(29-17-25(46)16-22-6-3-4-8-26(22)29)32(38)33(28)41-36(42-34)48-21-23-7-5-12-43(23)2/h3-4,6,8-11,15-18,23-24,46H,5,7,12-14,19-21H2,2H3/b30-18-/t23-,24-/m0/s1. The number of aromatic nitrogens is 3. The maximum Gasteiger partial charge on any atom is 0.319 e. The smallest absolute Gasteiger partial charge is 0.319 e. The monoisotopic (exact) mass is 681 g/mol. The molecule has 0 unspecified atom stereocenters. The number of thiazole rings is 1. The minimum absolute atomic E-state index is 0.0114. The molecule has 2 aliphatic rings. The van der Waals surface area contributed by atoms with E-state index in [9.17, 15) is 9.90 Å². The van der Waals surface area contributed by atoms with Crippen LogP contribution in [0.25, 0.3) is 43.7 Å². The summed E-state index contributed by atoms with van der Waals surface area (Å²) in [6, 6.07) is 13.5. The van der Waals surface area contributed by atoms with Crippen molar-refractivity contribution in [3.8, 4) is 22.9 Å². The van der Waals surface area contributed by atoms with Crippen LogP contribution < -0.4 is 9.64 Å². The Morgan fingerprint density at radius 1 is 1.12 bits per heavy atom. The molecule has 2 aromatic heterocycles. The van der Waals surface area contributed by atoms with E-state index in [1.807, 2.05) is 36.2 Å². The fraction of sp³-hybridized carbons (Fsp3) is 0.306. The number of rotatable bonds is 8. The average Bonchev–Trinajstić information content (AvgIpc) is 3.78. The number of phenolic OH excluding ortho intramolecular Hbond substituents is 1. The fourth-order valence-corrected chi connectivity index (χ4v) is 7.26. The Morgan fingerprint density at radius 2 is 1.98 bits per heavy atom. The summed E-state index contributed by atoms with van der Waals surface area (Å²) in [5.74, 6) is -1.95. The maximum atomic E-state index is 16.8. The van der Waals surface area contributed by atoms with Crippen LogP contribution >= 0.6 is 11.3 Å². The zero-order valence-corrected chi connectivity index (χ0v) is 27.5. The van der Waals surface area contributed by atoms with Crippen LogP contribution in [0.15, 0.2) is 65.9 Å². The van der Waals surface area contributed by atoms with Crippen molar-refractivity contribution in [2.75, 3.05) is 51.3 Å². The van der Waals surface area contributed by atoms with Gasteiger partial charge in [-0.05, 0) is 61.0 Å². The zero-order chi connectivity index (χ0) is 34.1. The summed E-state index contributed by atoms with van der Waals surface area (Å²) >= 11 is 1.21. The van der Waals surface area contributed by atoms with E-state index >= 15 is 8.78 Å². The summed E-state index contributed by atoms with van der Waals surface area (Å²) in [5.41, 5.74) is 0.819. The Balaban J connectivity index is 1.27. The van der Waals surface area contributed by atoms with Gasteiger partial charge in [0.05, 0.1) is 0 Å². The second-order valence-corrected chi connectivity index (χ2v) is 13.2. The first-order valence-electron chi connectivity index (χ1n) is 16.0. The van der Waals surface area contributed by atoms with Gasteiger partial charge in [-0.2, -0.15) is 9.97 Å². The van der Waals surface area contributed by atoms with Crippen molar-refractivity contribution in [1.82, 2.24) is 24.8 Å². The molecule has 2 saturated heterocycles. The van der Waals surface area contributed by atoms with Crippen LogP contribution in [-0.2, 0) is 4.79 Å². The molecular weight excluding hydrogens is 649 g/mol. The first-order valence-corrected chi connectivity index (χ1v) is 16.9. The highest BCUT2D eigenvalue weighted by molar-refractivity contribution is 7.10. The normalized spacial score (nSPS) is 18.7. The molecule has 13 heteroatoms. The van der Waals surface area contributed by atoms with Crippen molar-refractivity contribution in [3.05, 3.63) is 88.2 Å².